The summed E-state index contributed by atoms with van der Waals surface area (Å²) >= 11 is 0. The molecule has 0 aromatic heterocycles. The highest BCUT2D eigenvalue weighted by atomic mass is 33.1. The number of rotatable bonds is 17. The fourth-order valence-corrected chi connectivity index (χ4v) is 9.57. The highest BCUT2D eigenvalue weighted by Crippen LogP contribution is 2.26. The highest BCUT2D eigenvalue weighted by molar-refractivity contribution is 8.76. The lowest BCUT2D eigenvalue weighted by Crippen LogP contribution is -2.61. The first-order valence-electron chi connectivity index (χ1n) is 22.5. The van der Waals surface area contributed by atoms with E-state index in [2.05, 4.69) is 42.2 Å². The predicted octanol–water partition coefficient (Wildman–Crippen LogP) is -4.61. The smallest absolute Gasteiger partial charge is 0.246 e. The third-order valence-electron chi connectivity index (χ3n) is 11.0. The second-order valence-electron chi connectivity index (χ2n) is 16.5. The minimum Gasteiger partial charge on any atom is -0.508 e. The zero-order chi connectivity index (χ0) is 52.0. The highest BCUT2D eigenvalue weighted by Gasteiger charge is 2.40. The van der Waals surface area contributed by atoms with Crippen molar-refractivity contribution in [3.8, 4) is 5.75 Å². The van der Waals surface area contributed by atoms with Crippen molar-refractivity contribution >= 4 is 86.6 Å². The van der Waals surface area contributed by atoms with Crippen LogP contribution in [0.3, 0.4) is 0 Å². The quantitative estimate of drug-likeness (QED) is 0.0307. The maximum absolute atomic E-state index is 14.5. The van der Waals surface area contributed by atoms with Crippen LogP contribution in [0.4, 0.5) is 0 Å². The van der Waals surface area contributed by atoms with Crippen molar-refractivity contribution in [2.75, 3.05) is 37.7 Å². The number of amides is 10. The summed E-state index contributed by atoms with van der Waals surface area (Å²) in [7, 11) is 2.20. The Morgan fingerprint density at radius 2 is 1.37 bits per heavy atom. The van der Waals surface area contributed by atoms with Gasteiger partial charge in [0.1, 0.15) is 48.0 Å². The maximum Gasteiger partial charge on any atom is 0.246 e. The van der Waals surface area contributed by atoms with E-state index in [1.54, 1.807) is 42.5 Å². The number of carbonyl (C=O) groups is 10. The molecule has 71 heavy (non-hydrogen) atoms. The van der Waals surface area contributed by atoms with Gasteiger partial charge in [-0.15, -0.1) is 0 Å². The topological polar surface area (TPSA) is 415 Å². The summed E-state index contributed by atoms with van der Waals surface area (Å²) < 4.78 is 0. The van der Waals surface area contributed by atoms with Gasteiger partial charge in [0, 0.05) is 43.9 Å². The number of guanidine groups is 1. The van der Waals surface area contributed by atoms with Gasteiger partial charge in [0.2, 0.25) is 59.1 Å². The number of phenolic OH excluding ortho intramolecular Hbond substituents is 1. The molecular formula is C44H61N13O12S2. The summed E-state index contributed by atoms with van der Waals surface area (Å²) in [5.74, 6) is -8.90. The fraction of sp³-hybridized carbons (Fsp3) is 0.477. The number of likely N-dealkylation sites (tertiary alicyclic amines) is 1. The third kappa shape index (κ3) is 19.0. The lowest BCUT2D eigenvalue weighted by Gasteiger charge is -2.30. The van der Waals surface area contributed by atoms with Crippen LogP contribution in [0, 0.1) is 0 Å². The molecular weight excluding hydrogens is 967 g/mol. The van der Waals surface area contributed by atoms with Crippen molar-refractivity contribution in [2.24, 2.45) is 27.9 Å². The molecule has 10 amide bonds. The number of nitrogens with zero attached hydrogens (tertiary/aromatic N) is 2. The number of aromatic hydroxyl groups is 1. The Labute approximate surface area is 416 Å². The maximum atomic E-state index is 14.5. The molecule has 25 nitrogen and oxygen atoms in total. The number of nitrogens with one attached hydrogen (secondary N) is 7. The lowest BCUT2D eigenvalue weighted by atomic mass is 10.0. The van der Waals surface area contributed by atoms with Gasteiger partial charge in [0.15, 0.2) is 5.96 Å². The van der Waals surface area contributed by atoms with E-state index in [-0.39, 0.29) is 74.8 Å². The van der Waals surface area contributed by atoms with Crippen LogP contribution in [0.2, 0.25) is 0 Å². The van der Waals surface area contributed by atoms with Crippen LogP contribution in [-0.4, -0.2) is 160 Å². The average molecular weight is 1030 g/mol. The Morgan fingerprint density at radius 3 is 2.00 bits per heavy atom. The summed E-state index contributed by atoms with van der Waals surface area (Å²) in [6, 6.07) is 4.46. The zero-order valence-corrected chi connectivity index (χ0v) is 40.3. The summed E-state index contributed by atoms with van der Waals surface area (Å²) in [5, 5.41) is 37.8. The van der Waals surface area contributed by atoms with Crippen molar-refractivity contribution < 1.29 is 58.2 Å². The van der Waals surface area contributed by atoms with Crippen LogP contribution in [0.25, 0.3) is 0 Å². The second-order valence-corrected chi connectivity index (χ2v) is 19.1. The minimum atomic E-state index is -1.76. The molecule has 0 radical (unpaired) electrons. The molecule has 4 rings (SSSR count). The van der Waals surface area contributed by atoms with Crippen LogP contribution in [0.5, 0.6) is 5.75 Å². The standard InChI is InChI=1S/C44H61N13O12S2/c45-34(60)20-30-40(66)56-32(43(69)57-16-5-9-33(57)42(68)52-27(8-4-15-49-44(47)48)37(63)50-21-35(46)61)23-71-70-17-14-36(62)51-28(19-25-10-12-26(59)13-11-25)38(64)53-29(18-24-6-2-1-3-7-24)39(65)55-31(22-58)41(67)54-30/h1-3,6-7,10-13,27-33,58-59H,4-5,8-9,14-23H2,(H2,45,60)(H2,46,61)(H,50,63)(H,51,62)(H,52,68)(H,53,64)(H,54,67)(H,55,65)(H,56,66)(H4,47,48,49)/t27-,28-,29-,30-,31-,32-,33-/m0/s1. The molecule has 0 saturated carbocycles. The number of hydrogen-bond donors (Lipinski definition) is 13. The Kier molecular flexibility index (Phi) is 22.7. The molecule has 386 valence electrons. The van der Waals surface area contributed by atoms with Gasteiger partial charge in [-0.25, -0.2) is 0 Å². The van der Waals surface area contributed by atoms with E-state index in [1.807, 2.05) is 0 Å². The van der Waals surface area contributed by atoms with Crippen LogP contribution < -0.4 is 60.2 Å². The number of aliphatic hydroxyl groups excluding tert-OH is 1. The van der Waals surface area contributed by atoms with Gasteiger partial charge < -0.3 is 75.3 Å². The van der Waals surface area contributed by atoms with Gasteiger partial charge in [-0.2, -0.15) is 0 Å². The largest absolute Gasteiger partial charge is 0.508 e. The molecule has 0 spiro atoms. The van der Waals surface area contributed by atoms with Gasteiger partial charge in [-0.05, 0) is 48.9 Å². The van der Waals surface area contributed by atoms with Crippen molar-refractivity contribution in [3.63, 3.8) is 0 Å². The van der Waals surface area contributed by atoms with E-state index in [4.69, 9.17) is 22.9 Å². The molecule has 0 unspecified atom stereocenters. The molecule has 2 fully saturated rings. The number of primary amides is 2. The predicted molar refractivity (Wildman–Crippen MR) is 261 cm³/mol. The molecule has 17 N–H and O–H groups in total. The number of phenols is 1. The Hall–Kier alpha value is -7.13. The molecule has 0 aliphatic carbocycles. The molecule has 2 aliphatic heterocycles. The van der Waals surface area contributed by atoms with E-state index >= 15 is 0 Å². The summed E-state index contributed by atoms with van der Waals surface area (Å²) in [4.78, 5) is 139. The first-order chi connectivity index (χ1) is 33.8. The van der Waals surface area contributed by atoms with Gasteiger partial charge >= 0.3 is 0 Å². The number of hydrogen-bond acceptors (Lipinski definition) is 15. The van der Waals surface area contributed by atoms with E-state index in [0.717, 1.165) is 21.6 Å². The normalized spacial score (nSPS) is 22.2. The number of benzene rings is 2. The monoisotopic (exact) mass is 1030 g/mol. The van der Waals surface area contributed by atoms with Crippen LogP contribution in [-0.2, 0) is 60.8 Å². The van der Waals surface area contributed by atoms with Crippen LogP contribution in [0.15, 0.2) is 59.6 Å². The van der Waals surface area contributed by atoms with Crippen LogP contribution >= 0.6 is 21.6 Å². The molecule has 2 heterocycles. The second kappa shape index (κ2) is 28.5. The van der Waals surface area contributed by atoms with Gasteiger partial charge in [-0.1, -0.05) is 64.1 Å². The molecule has 2 saturated heterocycles. The number of nitrogens with two attached hydrogens (primary N) is 4. The van der Waals surface area contributed by atoms with Crippen molar-refractivity contribution in [2.45, 2.75) is 93.7 Å². The SMILES string of the molecule is NC(=O)CNC(=O)[C@H](CCCN=C(N)N)NC(=O)[C@@H]1CCCN1C(=O)[C@@H]1CSSCCC(=O)N[C@@H](Cc2ccc(O)cc2)C(=O)N[C@@H](Cc2ccccc2)C(=O)N[C@@H](CO)C(=O)N[C@@H](CC(N)=O)C(=O)N1. The average Bonchev–Trinajstić information content (AvgIpc) is 3.83. The molecule has 0 bridgehead atoms. The molecule has 2 aliphatic rings. The Morgan fingerprint density at radius 1 is 0.761 bits per heavy atom. The van der Waals surface area contributed by atoms with E-state index in [9.17, 15) is 58.2 Å². The van der Waals surface area contributed by atoms with Gasteiger partial charge in [0.25, 0.3) is 0 Å². The lowest BCUT2D eigenvalue weighted by molar-refractivity contribution is -0.142. The van der Waals surface area contributed by atoms with E-state index in [1.165, 1.54) is 17.0 Å². The molecule has 7 atom stereocenters. The van der Waals surface area contributed by atoms with E-state index < -0.39 is 121 Å². The Balaban J connectivity index is 1.64. The van der Waals surface area contributed by atoms with Crippen LogP contribution in [0.1, 0.15) is 49.7 Å². The number of carbonyl (C=O) groups excluding carboxylic acids is 10. The first-order valence-corrected chi connectivity index (χ1v) is 25.0. The Bertz CT molecular complexity index is 2260. The number of aliphatic imine (C=N–C) groups is 1. The fourth-order valence-electron chi connectivity index (χ4n) is 7.42. The zero-order valence-electron chi connectivity index (χ0n) is 38.6. The van der Waals surface area contributed by atoms with E-state index in [0.29, 0.717) is 17.5 Å². The third-order valence-corrected chi connectivity index (χ3v) is 13.4. The summed E-state index contributed by atoms with van der Waals surface area (Å²) in [6.07, 6.45) is -0.396. The van der Waals surface area contributed by atoms with Gasteiger partial charge in [-0.3, -0.25) is 52.9 Å². The minimum absolute atomic E-state index is 0.0205. The van der Waals surface area contributed by atoms with Crippen molar-refractivity contribution in [3.05, 3.63) is 65.7 Å². The summed E-state index contributed by atoms with van der Waals surface area (Å²) in [6.45, 7) is -1.40. The molecule has 2 aromatic rings. The molecule has 27 heteroatoms. The first kappa shape index (κ1) is 56.5. The molecule has 2 aromatic carbocycles. The summed E-state index contributed by atoms with van der Waals surface area (Å²) in [5.41, 5.74) is 22.6. The van der Waals surface area contributed by atoms with Gasteiger partial charge in [0.05, 0.1) is 19.6 Å². The number of aliphatic hydroxyl groups is 1. The van der Waals surface area contributed by atoms with Crippen molar-refractivity contribution in [1.82, 2.24) is 42.1 Å². The van der Waals surface area contributed by atoms with Crippen molar-refractivity contribution in [1.29, 1.82) is 0 Å².